The summed E-state index contributed by atoms with van der Waals surface area (Å²) in [6, 6.07) is 7.15. The van der Waals surface area contributed by atoms with Gasteiger partial charge in [0.05, 0.1) is 5.56 Å². The van der Waals surface area contributed by atoms with Crippen molar-refractivity contribution in [3.05, 3.63) is 29.8 Å². The third-order valence-corrected chi connectivity index (χ3v) is 3.29. The molecule has 1 aromatic carbocycles. The Balaban J connectivity index is 0. The van der Waals surface area contributed by atoms with E-state index < -0.39 is 0 Å². The molecule has 0 fully saturated rings. The standard InChI is InChI=1S/C15H25N3O.2ClH/c1-3-18(4-2)12-8-7-11-17-15(19)13-9-5-6-10-14(13)16;;/h5-6,9-10H,3-4,7-8,11-12,16H2,1-2H3,(H,17,19);2*1H. The average Bonchev–Trinajstić information content (AvgIpc) is 2.43. The third-order valence-electron chi connectivity index (χ3n) is 3.29. The summed E-state index contributed by atoms with van der Waals surface area (Å²) < 4.78 is 0. The molecule has 0 radical (unpaired) electrons. The third kappa shape index (κ3) is 8.15. The van der Waals surface area contributed by atoms with E-state index in [-0.39, 0.29) is 30.7 Å². The highest BCUT2D eigenvalue weighted by Gasteiger charge is 2.07. The van der Waals surface area contributed by atoms with E-state index in [1.54, 1.807) is 12.1 Å². The van der Waals surface area contributed by atoms with Crippen LogP contribution in [0.15, 0.2) is 24.3 Å². The number of benzene rings is 1. The lowest BCUT2D eigenvalue weighted by Gasteiger charge is -2.17. The van der Waals surface area contributed by atoms with Crippen LogP contribution >= 0.6 is 24.8 Å². The molecule has 0 spiro atoms. The van der Waals surface area contributed by atoms with Gasteiger partial charge in [-0.3, -0.25) is 4.79 Å². The highest BCUT2D eigenvalue weighted by atomic mass is 35.5. The van der Waals surface area contributed by atoms with Crippen molar-refractivity contribution in [2.24, 2.45) is 0 Å². The minimum atomic E-state index is -0.0825. The van der Waals surface area contributed by atoms with E-state index in [1.165, 1.54) is 0 Å². The van der Waals surface area contributed by atoms with Crippen LogP contribution in [0.4, 0.5) is 5.69 Å². The number of hydrogen-bond acceptors (Lipinski definition) is 3. The molecular weight excluding hydrogens is 309 g/mol. The fourth-order valence-corrected chi connectivity index (χ4v) is 2.00. The Kier molecular flexibility index (Phi) is 13.5. The number of unbranched alkanes of at least 4 members (excludes halogenated alkanes) is 1. The Morgan fingerprint density at radius 2 is 1.76 bits per heavy atom. The zero-order valence-corrected chi connectivity index (χ0v) is 14.4. The predicted octanol–water partition coefficient (Wildman–Crippen LogP) is 2.96. The maximum atomic E-state index is 11.9. The molecule has 0 bridgehead atoms. The molecule has 0 aliphatic rings. The minimum Gasteiger partial charge on any atom is -0.398 e. The maximum Gasteiger partial charge on any atom is 0.253 e. The zero-order chi connectivity index (χ0) is 14.1. The van der Waals surface area contributed by atoms with Crippen molar-refractivity contribution < 1.29 is 4.79 Å². The van der Waals surface area contributed by atoms with Crippen LogP contribution in [0.5, 0.6) is 0 Å². The largest absolute Gasteiger partial charge is 0.398 e. The number of para-hydroxylation sites is 1. The Bertz CT molecular complexity index is 398. The van der Waals surface area contributed by atoms with E-state index in [9.17, 15) is 4.79 Å². The molecule has 0 unspecified atom stereocenters. The molecule has 0 aromatic heterocycles. The van der Waals surface area contributed by atoms with Gasteiger partial charge in [0.2, 0.25) is 0 Å². The smallest absolute Gasteiger partial charge is 0.253 e. The van der Waals surface area contributed by atoms with E-state index in [1.807, 2.05) is 12.1 Å². The number of rotatable bonds is 8. The molecule has 0 atom stereocenters. The molecule has 0 aliphatic carbocycles. The van der Waals surface area contributed by atoms with Crippen molar-refractivity contribution in [1.29, 1.82) is 0 Å². The van der Waals surface area contributed by atoms with E-state index in [2.05, 4.69) is 24.1 Å². The molecule has 1 amide bonds. The normalized spacial score (nSPS) is 9.67. The summed E-state index contributed by atoms with van der Waals surface area (Å²) in [6.45, 7) is 8.31. The lowest BCUT2D eigenvalue weighted by atomic mass is 10.1. The van der Waals surface area contributed by atoms with Gasteiger partial charge in [0, 0.05) is 12.2 Å². The van der Waals surface area contributed by atoms with E-state index in [0.717, 1.165) is 32.5 Å². The molecule has 0 aliphatic heterocycles. The number of nitrogens with zero attached hydrogens (tertiary/aromatic N) is 1. The summed E-state index contributed by atoms with van der Waals surface area (Å²) in [7, 11) is 0. The Morgan fingerprint density at radius 1 is 1.14 bits per heavy atom. The van der Waals surface area contributed by atoms with Crippen LogP contribution in [0.3, 0.4) is 0 Å². The van der Waals surface area contributed by atoms with Gasteiger partial charge in [-0.2, -0.15) is 0 Å². The fraction of sp³-hybridized carbons (Fsp3) is 0.533. The molecule has 0 saturated carbocycles. The van der Waals surface area contributed by atoms with Crippen molar-refractivity contribution in [1.82, 2.24) is 10.2 Å². The molecule has 3 N–H and O–H groups in total. The van der Waals surface area contributed by atoms with Crippen molar-refractivity contribution in [2.45, 2.75) is 26.7 Å². The van der Waals surface area contributed by atoms with E-state index >= 15 is 0 Å². The molecule has 0 saturated heterocycles. The molecule has 1 rings (SSSR count). The number of anilines is 1. The van der Waals surface area contributed by atoms with E-state index in [0.29, 0.717) is 17.8 Å². The minimum absolute atomic E-state index is 0. The predicted molar refractivity (Wildman–Crippen MR) is 94.7 cm³/mol. The van der Waals surface area contributed by atoms with Crippen molar-refractivity contribution in [3.63, 3.8) is 0 Å². The summed E-state index contributed by atoms with van der Waals surface area (Å²) in [6.07, 6.45) is 2.10. The summed E-state index contributed by atoms with van der Waals surface area (Å²) in [5.41, 5.74) is 6.85. The van der Waals surface area contributed by atoms with Crippen LogP contribution in [0.1, 0.15) is 37.0 Å². The van der Waals surface area contributed by atoms with E-state index in [4.69, 9.17) is 5.73 Å². The number of carbonyl (C=O) groups is 1. The molecule has 4 nitrogen and oxygen atoms in total. The first kappa shape index (κ1) is 22.3. The van der Waals surface area contributed by atoms with Gasteiger partial charge >= 0.3 is 0 Å². The van der Waals surface area contributed by atoms with Gasteiger partial charge in [0.25, 0.3) is 5.91 Å². The van der Waals surface area contributed by atoms with Crippen LogP contribution in [-0.4, -0.2) is 37.0 Å². The lowest BCUT2D eigenvalue weighted by molar-refractivity contribution is 0.0953. The lowest BCUT2D eigenvalue weighted by Crippen LogP contribution is -2.27. The quantitative estimate of drug-likeness (QED) is 0.567. The van der Waals surface area contributed by atoms with Crippen molar-refractivity contribution >= 4 is 36.4 Å². The molecular formula is C15H27Cl2N3O. The number of nitrogens with two attached hydrogens (primary N) is 1. The van der Waals surface area contributed by atoms with Crippen LogP contribution in [0.25, 0.3) is 0 Å². The molecule has 0 heterocycles. The Labute approximate surface area is 140 Å². The highest BCUT2D eigenvalue weighted by molar-refractivity contribution is 5.98. The average molecular weight is 336 g/mol. The summed E-state index contributed by atoms with van der Waals surface area (Å²) in [5.74, 6) is -0.0825. The van der Waals surface area contributed by atoms with Crippen LogP contribution < -0.4 is 11.1 Å². The van der Waals surface area contributed by atoms with Crippen molar-refractivity contribution in [2.75, 3.05) is 31.9 Å². The first-order valence-electron chi connectivity index (χ1n) is 7.04. The van der Waals surface area contributed by atoms with Crippen LogP contribution in [-0.2, 0) is 0 Å². The number of amides is 1. The fourth-order valence-electron chi connectivity index (χ4n) is 2.00. The molecule has 1 aromatic rings. The first-order valence-corrected chi connectivity index (χ1v) is 7.04. The topological polar surface area (TPSA) is 58.4 Å². The number of halogens is 2. The number of carbonyl (C=O) groups excluding carboxylic acids is 1. The summed E-state index contributed by atoms with van der Waals surface area (Å²) in [4.78, 5) is 14.3. The highest BCUT2D eigenvalue weighted by Crippen LogP contribution is 2.09. The van der Waals surface area contributed by atoms with Gasteiger partial charge in [0.1, 0.15) is 0 Å². The zero-order valence-electron chi connectivity index (χ0n) is 12.8. The van der Waals surface area contributed by atoms with Gasteiger partial charge in [0.15, 0.2) is 0 Å². The van der Waals surface area contributed by atoms with Crippen LogP contribution in [0.2, 0.25) is 0 Å². The molecule has 122 valence electrons. The SMILES string of the molecule is CCN(CC)CCCCNC(=O)c1ccccc1N.Cl.Cl. The van der Waals surface area contributed by atoms with Crippen molar-refractivity contribution in [3.8, 4) is 0 Å². The second-order valence-corrected chi connectivity index (χ2v) is 4.58. The van der Waals surface area contributed by atoms with Gasteiger partial charge < -0.3 is 16.0 Å². The van der Waals surface area contributed by atoms with Crippen LogP contribution in [0, 0.1) is 0 Å². The van der Waals surface area contributed by atoms with Gasteiger partial charge in [-0.1, -0.05) is 26.0 Å². The first-order chi connectivity index (χ1) is 9.19. The Hall–Kier alpha value is -0.970. The summed E-state index contributed by atoms with van der Waals surface area (Å²) >= 11 is 0. The van der Waals surface area contributed by atoms with Gasteiger partial charge in [-0.15, -0.1) is 24.8 Å². The Morgan fingerprint density at radius 3 is 2.33 bits per heavy atom. The monoisotopic (exact) mass is 335 g/mol. The van der Waals surface area contributed by atoms with Gasteiger partial charge in [-0.05, 0) is 44.6 Å². The van der Waals surface area contributed by atoms with Gasteiger partial charge in [-0.25, -0.2) is 0 Å². The number of nitrogen functional groups attached to an aromatic ring is 1. The second-order valence-electron chi connectivity index (χ2n) is 4.58. The number of nitrogens with one attached hydrogen (secondary N) is 1. The number of hydrogen-bond donors (Lipinski definition) is 2. The molecule has 6 heteroatoms. The maximum absolute atomic E-state index is 11.9. The molecule has 21 heavy (non-hydrogen) atoms. The second kappa shape index (κ2) is 12.7. The summed E-state index contributed by atoms with van der Waals surface area (Å²) in [5, 5.41) is 2.91.